The predicted octanol–water partition coefficient (Wildman–Crippen LogP) is 2.34. The minimum Gasteiger partial charge on any atom is -0.373 e. The molecule has 2 aromatic rings. The minimum absolute atomic E-state index is 0.0353. The molecule has 94 valence electrons. The van der Waals surface area contributed by atoms with Crippen molar-refractivity contribution in [2.45, 2.75) is 16.3 Å². The third-order valence-corrected chi connectivity index (χ3v) is 3.82. The number of pyridine rings is 1. The van der Waals surface area contributed by atoms with Crippen molar-refractivity contribution in [1.29, 1.82) is 0 Å². The summed E-state index contributed by atoms with van der Waals surface area (Å²) in [7, 11) is 1.71. The number of aryl methyl sites for hydroxylation is 1. The molecular formula is C9H9N5O2S2. The minimum atomic E-state index is -0.456. The number of rotatable bonds is 4. The molecule has 0 saturated carbocycles. The van der Waals surface area contributed by atoms with Crippen molar-refractivity contribution in [3.8, 4) is 0 Å². The lowest BCUT2D eigenvalue weighted by molar-refractivity contribution is -0.388. The van der Waals surface area contributed by atoms with Gasteiger partial charge in [-0.05, 0) is 36.3 Å². The van der Waals surface area contributed by atoms with E-state index in [4.69, 9.17) is 0 Å². The summed E-state index contributed by atoms with van der Waals surface area (Å²) in [6, 6.07) is 2.99. The van der Waals surface area contributed by atoms with Gasteiger partial charge in [0.2, 0.25) is 0 Å². The Morgan fingerprint density at radius 1 is 1.44 bits per heavy atom. The second-order valence-electron chi connectivity index (χ2n) is 3.24. The van der Waals surface area contributed by atoms with Crippen LogP contribution in [0.15, 0.2) is 21.5 Å². The molecule has 0 amide bonds. The summed E-state index contributed by atoms with van der Waals surface area (Å²) in [5.41, 5.74) is -0.0353. The van der Waals surface area contributed by atoms with Gasteiger partial charge in [0.25, 0.3) is 0 Å². The normalized spacial score (nSPS) is 10.3. The first-order chi connectivity index (χ1) is 8.60. The van der Waals surface area contributed by atoms with E-state index in [2.05, 4.69) is 19.7 Å². The summed E-state index contributed by atoms with van der Waals surface area (Å²) in [5.74, 6) is 1.22. The van der Waals surface area contributed by atoms with E-state index in [0.717, 1.165) is 11.8 Å². The molecule has 0 spiro atoms. The van der Waals surface area contributed by atoms with E-state index < -0.39 is 4.92 Å². The van der Waals surface area contributed by atoms with Crippen LogP contribution in [-0.4, -0.2) is 26.3 Å². The molecule has 0 radical (unpaired) electrons. The van der Waals surface area contributed by atoms with Crippen molar-refractivity contribution < 1.29 is 4.92 Å². The van der Waals surface area contributed by atoms with Gasteiger partial charge >= 0.3 is 5.69 Å². The summed E-state index contributed by atoms with van der Waals surface area (Å²) >= 11 is 2.34. The van der Waals surface area contributed by atoms with Crippen LogP contribution in [0.4, 0.5) is 11.5 Å². The van der Waals surface area contributed by atoms with Crippen molar-refractivity contribution in [2.24, 2.45) is 0 Å². The number of hydrogen-bond donors (Lipinski definition) is 1. The maximum atomic E-state index is 10.9. The van der Waals surface area contributed by atoms with Crippen LogP contribution in [0.25, 0.3) is 0 Å². The van der Waals surface area contributed by atoms with E-state index in [1.807, 2.05) is 0 Å². The average Bonchev–Trinajstić information content (AvgIpc) is 2.74. The zero-order valence-corrected chi connectivity index (χ0v) is 11.2. The molecule has 0 saturated heterocycles. The monoisotopic (exact) mass is 283 g/mol. The van der Waals surface area contributed by atoms with Crippen LogP contribution in [0, 0.1) is 17.0 Å². The highest BCUT2D eigenvalue weighted by Gasteiger charge is 2.18. The molecule has 1 N–H and O–H groups in total. The van der Waals surface area contributed by atoms with Gasteiger partial charge in [-0.25, -0.2) is 9.97 Å². The lowest BCUT2D eigenvalue weighted by atomic mass is 10.4. The van der Waals surface area contributed by atoms with Crippen LogP contribution >= 0.6 is 23.3 Å². The van der Waals surface area contributed by atoms with E-state index in [9.17, 15) is 10.1 Å². The molecule has 0 aliphatic carbocycles. The molecule has 0 aliphatic heterocycles. The molecule has 0 fully saturated rings. The summed E-state index contributed by atoms with van der Waals surface area (Å²) in [6.07, 6.45) is 0. The third kappa shape index (κ3) is 2.74. The highest BCUT2D eigenvalue weighted by molar-refractivity contribution is 8.01. The third-order valence-electron chi connectivity index (χ3n) is 1.99. The molecule has 0 aromatic carbocycles. The Labute approximate surface area is 111 Å². The van der Waals surface area contributed by atoms with Gasteiger partial charge in [-0.1, -0.05) is 0 Å². The van der Waals surface area contributed by atoms with Gasteiger partial charge in [-0.2, -0.15) is 4.37 Å². The van der Waals surface area contributed by atoms with E-state index >= 15 is 0 Å². The maximum absolute atomic E-state index is 10.9. The number of aromatic nitrogens is 3. The van der Waals surface area contributed by atoms with Gasteiger partial charge in [-0.15, -0.1) is 0 Å². The summed E-state index contributed by atoms with van der Waals surface area (Å²) in [5, 5.41) is 14.1. The van der Waals surface area contributed by atoms with Crippen LogP contribution in [-0.2, 0) is 0 Å². The second kappa shape index (κ2) is 5.27. The number of hydrogen-bond acceptors (Lipinski definition) is 8. The quantitative estimate of drug-likeness (QED) is 0.679. The first-order valence-corrected chi connectivity index (χ1v) is 6.50. The number of nitrogens with one attached hydrogen (secondary N) is 1. The number of nitrogens with zero attached hydrogens (tertiary/aromatic N) is 4. The first-order valence-electron chi connectivity index (χ1n) is 4.91. The summed E-state index contributed by atoms with van der Waals surface area (Å²) in [6.45, 7) is 1.77. The molecular weight excluding hydrogens is 274 g/mol. The molecule has 2 heterocycles. The lowest BCUT2D eigenvalue weighted by Gasteiger charge is -2.02. The Balaban J connectivity index is 2.37. The topological polar surface area (TPSA) is 93.8 Å². The fraction of sp³-hybridized carbons (Fsp3) is 0.222. The van der Waals surface area contributed by atoms with Gasteiger partial charge in [-0.3, -0.25) is 10.1 Å². The van der Waals surface area contributed by atoms with E-state index in [1.54, 1.807) is 20.0 Å². The van der Waals surface area contributed by atoms with Crippen molar-refractivity contribution in [2.75, 3.05) is 12.4 Å². The van der Waals surface area contributed by atoms with Crippen LogP contribution in [0.1, 0.15) is 5.82 Å². The van der Waals surface area contributed by atoms with Gasteiger partial charge in [0.15, 0.2) is 9.37 Å². The Morgan fingerprint density at radius 3 is 2.78 bits per heavy atom. The molecule has 2 rings (SSSR count). The van der Waals surface area contributed by atoms with Gasteiger partial charge in [0, 0.05) is 13.1 Å². The van der Waals surface area contributed by atoms with E-state index in [0.29, 0.717) is 21.0 Å². The first kappa shape index (κ1) is 12.7. The Kier molecular flexibility index (Phi) is 3.72. The highest BCUT2D eigenvalue weighted by Crippen LogP contribution is 2.34. The lowest BCUT2D eigenvalue weighted by Crippen LogP contribution is -1.97. The van der Waals surface area contributed by atoms with Crippen molar-refractivity contribution in [1.82, 2.24) is 14.3 Å². The second-order valence-corrected chi connectivity index (χ2v) is 5.23. The number of anilines is 1. The Bertz CT molecular complexity index is 586. The van der Waals surface area contributed by atoms with Crippen LogP contribution < -0.4 is 5.32 Å². The molecule has 0 unspecified atom stereocenters. The summed E-state index contributed by atoms with van der Waals surface area (Å²) < 4.78 is 4.66. The standard InChI is InChI=1S/C9H9N5O2S2/c1-5-11-9(18-13-5)17-8-6(14(15)16)3-4-7(10-2)12-8/h3-4H,1-2H3,(H,10,12). The largest absolute Gasteiger partial charge is 0.373 e. The van der Waals surface area contributed by atoms with Crippen molar-refractivity contribution in [3.05, 3.63) is 28.1 Å². The fourth-order valence-corrected chi connectivity index (χ4v) is 2.84. The maximum Gasteiger partial charge on any atom is 0.301 e. The molecule has 0 aliphatic rings. The average molecular weight is 283 g/mol. The van der Waals surface area contributed by atoms with E-state index in [-0.39, 0.29) is 5.69 Å². The fourth-order valence-electron chi connectivity index (χ4n) is 1.19. The van der Waals surface area contributed by atoms with Crippen LogP contribution in [0.2, 0.25) is 0 Å². The molecule has 0 bridgehead atoms. The number of nitro groups is 1. The molecule has 2 aromatic heterocycles. The van der Waals surface area contributed by atoms with Crippen LogP contribution in [0.5, 0.6) is 0 Å². The van der Waals surface area contributed by atoms with Gasteiger partial charge in [0.05, 0.1) is 4.92 Å². The molecule has 9 heteroatoms. The zero-order chi connectivity index (χ0) is 13.1. The van der Waals surface area contributed by atoms with Gasteiger partial charge < -0.3 is 5.32 Å². The molecule has 18 heavy (non-hydrogen) atoms. The molecule has 7 nitrogen and oxygen atoms in total. The zero-order valence-electron chi connectivity index (χ0n) is 9.58. The van der Waals surface area contributed by atoms with Crippen molar-refractivity contribution in [3.63, 3.8) is 0 Å². The highest BCUT2D eigenvalue weighted by atomic mass is 32.2. The van der Waals surface area contributed by atoms with E-state index in [1.165, 1.54) is 17.6 Å². The Hall–Kier alpha value is -1.74. The predicted molar refractivity (Wildman–Crippen MR) is 69.2 cm³/mol. The van der Waals surface area contributed by atoms with Crippen LogP contribution in [0.3, 0.4) is 0 Å². The summed E-state index contributed by atoms with van der Waals surface area (Å²) in [4.78, 5) is 18.8. The van der Waals surface area contributed by atoms with Crippen molar-refractivity contribution >= 4 is 34.8 Å². The SMILES string of the molecule is CNc1ccc([N+](=O)[O-])c(Sc2nc(C)ns2)n1. The Morgan fingerprint density at radius 2 is 2.22 bits per heavy atom. The smallest absolute Gasteiger partial charge is 0.301 e. The van der Waals surface area contributed by atoms with Gasteiger partial charge in [0.1, 0.15) is 11.6 Å². The molecule has 0 atom stereocenters.